The molecule has 3 aromatic rings. The van der Waals surface area contributed by atoms with Crippen molar-refractivity contribution in [3.8, 4) is 0 Å². The van der Waals surface area contributed by atoms with Crippen LogP contribution in [-0.4, -0.2) is 22.3 Å². The van der Waals surface area contributed by atoms with Gasteiger partial charge in [0.2, 0.25) is 5.95 Å². The number of rotatable bonds is 7. The third kappa shape index (κ3) is 4.63. The van der Waals surface area contributed by atoms with Gasteiger partial charge in [-0.3, -0.25) is 4.79 Å². The summed E-state index contributed by atoms with van der Waals surface area (Å²) in [4.78, 5) is 20.0. The molecule has 0 bridgehead atoms. The number of hydrogen-bond acceptors (Lipinski definition) is 5. The molecule has 26 heavy (non-hydrogen) atoms. The zero-order valence-electron chi connectivity index (χ0n) is 14.4. The molecule has 0 aliphatic heterocycles. The molecular weight excluding hydrogens is 331 g/mol. The highest BCUT2D eigenvalue weighted by Crippen LogP contribution is 2.17. The van der Waals surface area contributed by atoms with Crippen molar-refractivity contribution < 1.29 is 9.18 Å². The SMILES string of the molecule is CC(=O)c1cccc(Nc2ccnc(NCCc3ccccc3F)n2)c1. The molecule has 0 saturated carbocycles. The highest BCUT2D eigenvalue weighted by atomic mass is 19.1. The molecule has 0 amide bonds. The van der Waals surface area contributed by atoms with Crippen molar-refractivity contribution in [1.82, 2.24) is 9.97 Å². The van der Waals surface area contributed by atoms with Gasteiger partial charge in [-0.25, -0.2) is 9.37 Å². The smallest absolute Gasteiger partial charge is 0.224 e. The average molecular weight is 350 g/mol. The van der Waals surface area contributed by atoms with Crippen LogP contribution in [0.25, 0.3) is 0 Å². The van der Waals surface area contributed by atoms with Gasteiger partial charge in [0.05, 0.1) is 0 Å². The summed E-state index contributed by atoms with van der Waals surface area (Å²) in [6.07, 6.45) is 2.17. The lowest BCUT2D eigenvalue weighted by atomic mass is 10.1. The van der Waals surface area contributed by atoms with Gasteiger partial charge in [0.15, 0.2) is 5.78 Å². The Balaban J connectivity index is 1.62. The first-order valence-corrected chi connectivity index (χ1v) is 8.30. The van der Waals surface area contributed by atoms with E-state index in [0.29, 0.717) is 35.9 Å². The Labute approximate surface area is 151 Å². The average Bonchev–Trinajstić information content (AvgIpc) is 2.64. The van der Waals surface area contributed by atoms with Crippen LogP contribution in [0.2, 0.25) is 0 Å². The third-order valence-corrected chi connectivity index (χ3v) is 3.83. The molecule has 0 radical (unpaired) electrons. The minimum absolute atomic E-state index is 0.00633. The van der Waals surface area contributed by atoms with Crippen LogP contribution in [0.3, 0.4) is 0 Å². The van der Waals surface area contributed by atoms with Crippen LogP contribution in [0.5, 0.6) is 0 Å². The van der Waals surface area contributed by atoms with E-state index in [1.54, 1.807) is 36.5 Å². The first kappa shape index (κ1) is 17.5. The fourth-order valence-corrected chi connectivity index (χ4v) is 2.49. The first-order valence-electron chi connectivity index (χ1n) is 8.30. The van der Waals surface area contributed by atoms with Gasteiger partial charge in [0.25, 0.3) is 0 Å². The summed E-state index contributed by atoms with van der Waals surface area (Å²) in [5.74, 6) is 0.853. The Morgan fingerprint density at radius 3 is 2.77 bits per heavy atom. The minimum Gasteiger partial charge on any atom is -0.354 e. The number of nitrogens with one attached hydrogen (secondary N) is 2. The van der Waals surface area contributed by atoms with Gasteiger partial charge >= 0.3 is 0 Å². The summed E-state index contributed by atoms with van der Waals surface area (Å²) in [6.45, 7) is 2.05. The minimum atomic E-state index is -0.212. The summed E-state index contributed by atoms with van der Waals surface area (Å²) in [6, 6.07) is 15.7. The Morgan fingerprint density at radius 2 is 1.96 bits per heavy atom. The third-order valence-electron chi connectivity index (χ3n) is 3.83. The number of nitrogens with zero attached hydrogens (tertiary/aromatic N) is 2. The molecule has 5 nitrogen and oxygen atoms in total. The summed E-state index contributed by atoms with van der Waals surface area (Å²) >= 11 is 0. The van der Waals surface area contributed by atoms with Crippen LogP contribution in [0.15, 0.2) is 60.8 Å². The summed E-state index contributed by atoms with van der Waals surface area (Å²) in [5.41, 5.74) is 2.05. The van der Waals surface area contributed by atoms with Gasteiger partial charge in [-0.05, 0) is 43.2 Å². The van der Waals surface area contributed by atoms with E-state index in [1.807, 2.05) is 18.2 Å². The number of anilines is 3. The Morgan fingerprint density at radius 1 is 1.12 bits per heavy atom. The molecule has 1 heterocycles. The van der Waals surface area contributed by atoms with Crippen molar-refractivity contribution in [2.45, 2.75) is 13.3 Å². The normalized spacial score (nSPS) is 10.4. The van der Waals surface area contributed by atoms with E-state index in [2.05, 4.69) is 20.6 Å². The molecule has 0 aliphatic carbocycles. The zero-order valence-corrected chi connectivity index (χ0v) is 14.4. The van der Waals surface area contributed by atoms with Crippen LogP contribution in [0.1, 0.15) is 22.8 Å². The quantitative estimate of drug-likeness (QED) is 0.625. The van der Waals surface area contributed by atoms with Crippen LogP contribution in [0, 0.1) is 5.82 Å². The lowest BCUT2D eigenvalue weighted by Crippen LogP contribution is -2.09. The number of aromatic nitrogens is 2. The molecule has 3 rings (SSSR count). The van der Waals surface area contributed by atoms with Crippen molar-refractivity contribution >= 4 is 23.2 Å². The summed E-state index contributed by atoms with van der Waals surface area (Å²) < 4.78 is 13.6. The number of carbonyl (C=O) groups is 1. The molecule has 2 aromatic carbocycles. The molecule has 6 heteroatoms. The van der Waals surface area contributed by atoms with E-state index in [-0.39, 0.29) is 11.6 Å². The molecule has 0 fully saturated rings. The Kier molecular flexibility index (Phi) is 5.53. The van der Waals surface area contributed by atoms with Crippen molar-refractivity contribution in [1.29, 1.82) is 0 Å². The topological polar surface area (TPSA) is 66.9 Å². The monoisotopic (exact) mass is 350 g/mol. The lowest BCUT2D eigenvalue weighted by molar-refractivity contribution is 0.101. The van der Waals surface area contributed by atoms with Crippen molar-refractivity contribution in [3.63, 3.8) is 0 Å². The first-order chi connectivity index (χ1) is 12.6. The van der Waals surface area contributed by atoms with Crippen LogP contribution in [-0.2, 0) is 6.42 Å². The second kappa shape index (κ2) is 8.20. The number of benzene rings is 2. The van der Waals surface area contributed by atoms with E-state index in [0.717, 1.165) is 5.69 Å². The second-order valence-electron chi connectivity index (χ2n) is 5.80. The number of hydrogen-bond donors (Lipinski definition) is 2. The van der Waals surface area contributed by atoms with Gasteiger partial charge in [-0.1, -0.05) is 30.3 Å². The van der Waals surface area contributed by atoms with Crippen LogP contribution in [0.4, 0.5) is 21.8 Å². The molecule has 132 valence electrons. The van der Waals surface area contributed by atoms with E-state index in [4.69, 9.17) is 0 Å². The van der Waals surface area contributed by atoms with Gasteiger partial charge < -0.3 is 10.6 Å². The number of ketones is 1. The molecule has 0 saturated heterocycles. The maximum atomic E-state index is 13.6. The summed E-state index contributed by atoms with van der Waals surface area (Å²) in [7, 11) is 0. The van der Waals surface area contributed by atoms with E-state index < -0.39 is 0 Å². The molecule has 0 aliphatic rings. The van der Waals surface area contributed by atoms with Crippen molar-refractivity contribution in [2.75, 3.05) is 17.2 Å². The standard InChI is InChI=1S/C20H19FN4O/c1-14(26)16-6-4-7-17(13-16)24-19-10-12-23-20(25-19)22-11-9-15-5-2-3-8-18(15)21/h2-8,10,12-13H,9,11H2,1H3,(H2,22,23,24,25). The molecule has 0 atom stereocenters. The van der Waals surface area contributed by atoms with E-state index in [9.17, 15) is 9.18 Å². The van der Waals surface area contributed by atoms with E-state index >= 15 is 0 Å². The maximum Gasteiger partial charge on any atom is 0.224 e. The zero-order chi connectivity index (χ0) is 18.4. The fourth-order valence-electron chi connectivity index (χ4n) is 2.49. The van der Waals surface area contributed by atoms with Gasteiger partial charge in [-0.15, -0.1) is 0 Å². The predicted octanol–water partition coefficient (Wildman–Crippen LogP) is 4.22. The molecule has 1 aromatic heterocycles. The molecular formula is C20H19FN4O. The summed E-state index contributed by atoms with van der Waals surface area (Å²) in [5, 5.41) is 6.25. The number of Topliss-reactive ketones (excluding diaryl/α,β-unsaturated/α-hetero) is 1. The van der Waals surface area contributed by atoms with Gasteiger partial charge in [-0.2, -0.15) is 4.98 Å². The number of halogens is 1. The molecule has 0 spiro atoms. The Bertz CT molecular complexity index is 914. The van der Waals surface area contributed by atoms with Crippen molar-refractivity contribution in [2.24, 2.45) is 0 Å². The maximum absolute atomic E-state index is 13.6. The van der Waals surface area contributed by atoms with Crippen molar-refractivity contribution in [3.05, 3.63) is 77.7 Å². The molecule has 2 N–H and O–H groups in total. The molecule has 0 unspecified atom stereocenters. The largest absolute Gasteiger partial charge is 0.354 e. The van der Waals surface area contributed by atoms with E-state index in [1.165, 1.54) is 13.0 Å². The van der Waals surface area contributed by atoms with Gasteiger partial charge in [0, 0.05) is 24.0 Å². The highest BCUT2D eigenvalue weighted by Gasteiger charge is 2.04. The van der Waals surface area contributed by atoms with Crippen LogP contribution < -0.4 is 10.6 Å². The second-order valence-corrected chi connectivity index (χ2v) is 5.80. The van der Waals surface area contributed by atoms with Gasteiger partial charge in [0.1, 0.15) is 11.6 Å². The highest BCUT2D eigenvalue weighted by molar-refractivity contribution is 5.95. The predicted molar refractivity (Wildman–Crippen MR) is 100 cm³/mol. The fraction of sp³-hybridized carbons (Fsp3) is 0.150. The lowest BCUT2D eigenvalue weighted by Gasteiger charge is -2.09. The number of carbonyl (C=O) groups excluding carboxylic acids is 1. The van der Waals surface area contributed by atoms with Crippen LogP contribution >= 0.6 is 0 Å². The Hall–Kier alpha value is -3.28.